The molecule has 6 heteroatoms. The fraction of sp³-hybridized carbons (Fsp3) is 0.444. The van der Waals surface area contributed by atoms with Gasteiger partial charge in [-0.1, -0.05) is 18.2 Å². The molecule has 0 unspecified atom stereocenters. The molecule has 0 saturated heterocycles. The van der Waals surface area contributed by atoms with E-state index in [0.717, 1.165) is 11.0 Å². The van der Waals surface area contributed by atoms with Gasteiger partial charge in [0, 0.05) is 5.39 Å². The van der Waals surface area contributed by atoms with Gasteiger partial charge in [-0.15, -0.1) is 0 Å². The van der Waals surface area contributed by atoms with Crippen LogP contribution in [-0.4, -0.2) is 23.1 Å². The number of furan rings is 1. The molecule has 6 nitrogen and oxygen atoms in total. The first-order chi connectivity index (χ1) is 11.3. The summed E-state index contributed by atoms with van der Waals surface area (Å²) in [7, 11) is 0. The van der Waals surface area contributed by atoms with E-state index in [1.165, 1.54) is 0 Å². The van der Waals surface area contributed by atoms with Gasteiger partial charge in [0.15, 0.2) is 0 Å². The summed E-state index contributed by atoms with van der Waals surface area (Å²) in [6.07, 6.45) is 0.648. The zero-order valence-corrected chi connectivity index (χ0v) is 14.1. The Labute approximate surface area is 140 Å². The van der Waals surface area contributed by atoms with Crippen LogP contribution in [-0.2, 0) is 16.1 Å². The van der Waals surface area contributed by atoms with Gasteiger partial charge in [0.05, 0.1) is 6.54 Å². The van der Waals surface area contributed by atoms with Crippen molar-refractivity contribution in [1.82, 2.24) is 10.6 Å². The van der Waals surface area contributed by atoms with E-state index in [-0.39, 0.29) is 12.5 Å². The van der Waals surface area contributed by atoms with Gasteiger partial charge in [-0.3, -0.25) is 4.79 Å². The van der Waals surface area contributed by atoms with Crippen LogP contribution < -0.4 is 10.6 Å². The number of carbonyl (C=O) groups is 2. The summed E-state index contributed by atoms with van der Waals surface area (Å²) in [4.78, 5) is 24.3. The van der Waals surface area contributed by atoms with E-state index in [0.29, 0.717) is 18.6 Å². The number of carbonyl (C=O) groups excluding carboxylic acids is 2. The van der Waals surface area contributed by atoms with Gasteiger partial charge in [0.25, 0.3) is 0 Å². The third-order valence-corrected chi connectivity index (χ3v) is 3.82. The molecule has 0 spiro atoms. The van der Waals surface area contributed by atoms with Gasteiger partial charge >= 0.3 is 6.09 Å². The Hall–Kier alpha value is -2.50. The lowest BCUT2D eigenvalue weighted by molar-refractivity contribution is -0.124. The molecule has 2 aromatic rings. The molecule has 2 amide bonds. The van der Waals surface area contributed by atoms with Crippen LogP contribution in [0.4, 0.5) is 4.79 Å². The Morgan fingerprint density at radius 1 is 1.25 bits per heavy atom. The molecule has 0 bridgehead atoms. The van der Waals surface area contributed by atoms with Gasteiger partial charge in [0.2, 0.25) is 5.91 Å². The highest BCUT2D eigenvalue weighted by atomic mass is 16.6. The number of benzene rings is 1. The number of para-hydroxylation sites is 1. The fourth-order valence-electron chi connectivity index (χ4n) is 2.49. The minimum atomic E-state index is -0.853. The summed E-state index contributed by atoms with van der Waals surface area (Å²) in [6.45, 7) is 5.64. The second-order valence-electron chi connectivity index (χ2n) is 7.14. The summed E-state index contributed by atoms with van der Waals surface area (Å²) < 4.78 is 10.9. The van der Waals surface area contributed by atoms with Crippen LogP contribution in [0.3, 0.4) is 0 Å². The lowest BCUT2D eigenvalue weighted by Crippen LogP contribution is -2.50. The first-order valence-electron chi connectivity index (χ1n) is 8.04. The van der Waals surface area contributed by atoms with Gasteiger partial charge in [-0.2, -0.15) is 0 Å². The van der Waals surface area contributed by atoms with Gasteiger partial charge in [0.1, 0.15) is 22.5 Å². The monoisotopic (exact) mass is 330 g/mol. The molecular formula is C18H22N2O4. The Morgan fingerprint density at radius 2 is 1.96 bits per heavy atom. The molecule has 2 N–H and O–H groups in total. The number of hydrogen-bond donors (Lipinski definition) is 2. The maximum atomic E-state index is 12.4. The third-order valence-electron chi connectivity index (χ3n) is 3.82. The van der Waals surface area contributed by atoms with Crippen molar-refractivity contribution >= 4 is 23.0 Å². The maximum absolute atomic E-state index is 12.4. The van der Waals surface area contributed by atoms with E-state index in [4.69, 9.17) is 9.15 Å². The number of rotatable bonds is 4. The quantitative estimate of drug-likeness (QED) is 0.902. The molecule has 3 rings (SSSR count). The average molecular weight is 330 g/mol. The van der Waals surface area contributed by atoms with Crippen molar-refractivity contribution in [3.8, 4) is 0 Å². The number of amides is 2. The van der Waals surface area contributed by atoms with E-state index in [9.17, 15) is 9.59 Å². The second-order valence-corrected chi connectivity index (χ2v) is 7.14. The number of hydrogen-bond acceptors (Lipinski definition) is 4. The van der Waals surface area contributed by atoms with Crippen LogP contribution in [0.2, 0.25) is 0 Å². The fourth-order valence-corrected chi connectivity index (χ4v) is 2.49. The molecule has 1 heterocycles. The molecule has 24 heavy (non-hydrogen) atoms. The molecule has 128 valence electrons. The first-order valence-corrected chi connectivity index (χ1v) is 8.04. The topological polar surface area (TPSA) is 80.6 Å². The van der Waals surface area contributed by atoms with Crippen LogP contribution in [0.25, 0.3) is 11.0 Å². The lowest BCUT2D eigenvalue weighted by Gasteiger charge is -2.23. The SMILES string of the molecule is CC(C)(C)OC(=O)NC1(C(=O)NCc2cc3ccccc3o2)CC1. The van der Waals surface area contributed by atoms with Crippen molar-refractivity contribution in [2.45, 2.75) is 51.3 Å². The zero-order valence-electron chi connectivity index (χ0n) is 14.1. The molecule has 1 aromatic heterocycles. The van der Waals surface area contributed by atoms with Crippen molar-refractivity contribution in [2.24, 2.45) is 0 Å². The highest BCUT2D eigenvalue weighted by Gasteiger charge is 2.51. The van der Waals surface area contributed by atoms with E-state index < -0.39 is 17.2 Å². The van der Waals surface area contributed by atoms with Gasteiger partial charge in [-0.25, -0.2) is 4.79 Å². The van der Waals surface area contributed by atoms with Crippen LogP contribution in [0.5, 0.6) is 0 Å². The molecule has 1 fully saturated rings. The second kappa shape index (κ2) is 5.85. The minimum absolute atomic E-state index is 0.214. The molecule has 1 aliphatic rings. The summed E-state index contributed by atoms with van der Waals surface area (Å²) in [5, 5.41) is 6.51. The predicted octanol–water partition coefficient (Wildman–Crippen LogP) is 3.11. The van der Waals surface area contributed by atoms with E-state index >= 15 is 0 Å². The molecule has 0 aliphatic heterocycles. The number of fused-ring (bicyclic) bond motifs is 1. The average Bonchev–Trinajstić information content (AvgIpc) is 3.13. The molecule has 1 saturated carbocycles. The predicted molar refractivity (Wildman–Crippen MR) is 89.4 cm³/mol. The molecule has 0 atom stereocenters. The lowest BCUT2D eigenvalue weighted by atomic mass is 10.2. The van der Waals surface area contributed by atoms with Gasteiger partial charge in [-0.05, 0) is 45.7 Å². The maximum Gasteiger partial charge on any atom is 0.408 e. The third kappa shape index (κ3) is 3.69. The van der Waals surface area contributed by atoms with Gasteiger partial charge < -0.3 is 19.8 Å². The summed E-state index contributed by atoms with van der Waals surface area (Å²) >= 11 is 0. The Kier molecular flexibility index (Phi) is 3.99. The zero-order chi connectivity index (χ0) is 17.4. The summed E-state index contributed by atoms with van der Waals surface area (Å²) in [5.41, 5.74) is -0.658. The van der Waals surface area contributed by atoms with E-state index in [1.54, 1.807) is 20.8 Å². The van der Waals surface area contributed by atoms with Crippen LogP contribution in [0, 0.1) is 0 Å². The molecule has 0 radical (unpaired) electrons. The van der Waals surface area contributed by atoms with Crippen LogP contribution >= 0.6 is 0 Å². The molecular weight excluding hydrogens is 308 g/mol. The number of ether oxygens (including phenoxy) is 1. The molecule has 1 aliphatic carbocycles. The van der Waals surface area contributed by atoms with Crippen LogP contribution in [0.1, 0.15) is 39.4 Å². The van der Waals surface area contributed by atoms with E-state index in [1.807, 2.05) is 30.3 Å². The Balaban J connectivity index is 1.57. The molecule has 1 aromatic carbocycles. The van der Waals surface area contributed by atoms with Crippen molar-refractivity contribution in [1.29, 1.82) is 0 Å². The standard InChI is InChI=1S/C18H22N2O4/c1-17(2,3)24-16(22)20-18(8-9-18)15(21)19-11-13-10-12-6-4-5-7-14(12)23-13/h4-7,10H,8-9,11H2,1-3H3,(H,19,21)(H,20,22). The van der Waals surface area contributed by atoms with E-state index in [2.05, 4.69) is 10.6 Å². The van der Waals surface area contributed by atoms with Crippen molar-refractivity contribution in [3.05, 3.63) is 36.1 Å². The highest BCUT2D eigenvalue weighted by molar-refractivity contribution is 5.92. The first kappa shape index (κ1) is 16.4. The Bertz CT molecular complexity index is 736. The van der Waals surface area contributed by atoms with Crippen LogP contribution in [0.15, 0.2) is 34.7 Å². The number of nitrogens with one attached hydrogen (secondary N) is 2. The highest BCUT2D eigenvalue weighted by Crippen LogP contribution is 2.36. The van der Waals surface area contributed by atoms with Crippen molar-refractivity contribution in [2.75, 3.05) is 0 Å². The largest absolute Gasteiger partial charge is 0.459 e. The smallest absolute Gasteiger partial charge is 0.408 e. The minimum Gasteiger partial charge on any atom is -0.459 e. The summed E-state index contributed by atoms with van der Waals surface area (Å²) in [5.74, 6) is 0.464. The Morgan fingerprint density at radius 3 is 2.58 bits per heavy atom. The summed E-state index contributed by atoms with van der Waals surface area (Å²) in [6, 6.07) is 9.57. The van der Waals surface area contributed by atoms with Crippen molar-refractivity contribution in [3.63, 3.8) is 0 Å². The number of alkyl carbamates (subject to hydrolysis) is 1. The van der Waals surface area contributed by atoms with Crippen molar-refractivity contribution < 1.29 is 18.7 Å². The normalized spacial score (nSPS) is 15.8.